The Morgan fingerprint density at radius 3 is 2.34 bits per heavy atom. The Kier molecular flexibility index (Phi) is 10.4. The van der Waals surface area contributed by atoms with E-state index in [1.54, 1.807) is 0 Å². The van der Waals surface area contributed by atoms with E-state index in [-0.39, 0.29) is 0 Å². The van der Waals surface area contributed by atoms with Crippen molar-refractivity contribution in [1.82, 2.24) is 15.5 Å². The number of ether oxygens (including phenoxy) is 1. The average Bonchev–Trinajstić information content (AvgIpc) is 2.85. The third kappa shape index (κ3) is 7.84. The van der Waals surface area contributed by atoms with Gasteiger partial charge in [0.05, 0.1) is 0 Å². The number of aliphatic imine (C=N–C) groups is 1. The van der Waals surface area contributed by atoms with Crippen LogP contribution in [-0.2, 0) is 17.8 Å². The topological polar surface area (TPSA) is 52.1 Å². The van der Waals surface area contributed by atoms with Crippen LogP contribution in [0.4, 0.5) is 5.69 Å². The minimum atomic E-state index is 0.777. The van der Waals surface area contributed by atoms with Gasteiger partial charge >= 0.3 is 0 Å². The zero-order valence-electron chi connectivity index (χ0n) is 19.7. The molecule has 3 rings (SSSR count). The van der Waals surface area contributed by atoms with Crippen molar-refractivity contribution in [3.8, 4) is 0 Å². The molecule has 1 aliphatic heterocycles. The third-order valence-electron chi connectivity index (χ3n) is 5.89. The quantitative estimate of drug-likeness (QED) is 0.320. The summed E-state index contributed by atoms with van der Waals surface area (Å²) in [5.41, 5.74) is 4.05. The minimum absolute atomic E-state index is 0.777. The summed E-state index contributed by atoms with van der Waals surface area (Å²) in [5, 5.41) is 6.88. The van der Waals surface area contributed by atoms with Gasteiger partial charge < -0.3 is 20.3 Å². The van der Waals surface area contributed by atoms with Crippen molar-refractivity contribution in [1.29, 1.82) is 0 Å². The number of unbranched alkanes of at least 4 members (excludes halogenated alkanes) is 1. The van der Waals surface area contributed by atoms with E-state index in [0.29, 0.717) is 0 Å². The minimum Gasteiger partial charge on any atom is -0.382 e. The molecule has 0 spiro atoms. The predicted octanol–water partition coefficient (Wildman–Crippen LogP) is 3.49. The number of benzene rings is 2. The van der Waals surface area contributed by atoms with E-state index in [1.807, 2.05) is 14.0 Å². The van der Waals surface area contributed by atoms with E-state index in [9.17, 15) is 0 Å². The van der Waals surface area contributed by atoms with E-state index in [2.05, 4.69) is 80.0 Å². The largest absolute Gasteiger partial charge is 0.382 e. The highest BCUT2D eigenvalue weighted by molar-refractivity contribution is 5.79. The van der Waals surface area contributed by atoms with E-state index >= 15 is 0 Å². The molecule has 0 radical (unpaired) electrons. The van der Waals surface area contributed by atoms with E-state index in [4.69, 9.17) is 4.74 Å². The number of hydrogen-bond donors (Lipinski definition) is 2. The molecule has 0 amide bonds. The molecule has 1 fully saturated rings. The summed E-state index contributed by atoms with van der Waals surface area (Å²) < 4.78 is 5.40. The lowest BCUT2D eigenvalue weighted by Gasteiger charge is -2.36. The van der Waals surface area contributed by atoms with Crippen LogP contribution in [0.15, 0.2) is 59.6 Å². The van der Waals surface area contributed by atoms with Crippen LogP contribution in [-0.4, -0.2) is 63.8 Å². The summed E-state index contributed by atoms with van der Waals surface area (Å²) in [4.78, 5) is 9.41. The fourth-order valence-corrected chi connectivity index (χ4v) is 4.01. The van der Waals surface area contributed by atoms with Crippen molar-refractivity contribution < 1.29 is 4.74 Å². The molecule has 0 saturated carbocycles. The normalized spacial score (nSPS) is 15.1. The third-order valence-corrected chi connectivity index (χ3v) is 5.89. The highest BCUT2D eigenvalue weighted by Gasteiger charge is 2.18. The van der Waals surface area contributed by atoms with Crippen molar-refractivity contribution in [3.63, 3.8) is 0 Å². The van der Waals surface area contributed by atoms with Gasteiger partial charge in [0.15, 0.2) is 5.96 Å². The number of rotatable bonds is 11. The maximum Gasteiger partial charge on any atom is 0.191 e. The highest BCUT2D eigenvalue weighted by Crippen LogP contribution is 2.18. The van der Waals surface area contributed by atoms with Crippen LogP contribution in [0.25, 0.3) is 0 Å². The number of nitrogens with one attached hydrogen (secondary N) is 2. The van der Waals surface area contributed by atoms with Gasteiger partial charge in [-0.25, -0.2) is 0 Å². The molecule has 0 bridgehead atoms. The number of para-hydroxylation sites is 1. The molecular weight excluding hydrogens is 398 g/mol. The van der Waals surface area contributed by atoms with Crippen LogP contribution < -0.4 is 15.5 Å². The number of hydrogen-bond acceptors (Lipinski definition) is 4. The zero-order chi connectivity index (χ0) is 22.4. The standard InChI is InChI=1S/C26H39N5O/c1-3-32-20-10-9-15-28-26(27-2)29-21-23-11-7-8-12-24(23)22-30-16-18-31(19-17-30)25-13-5-4-6-14-25/h4-8,11-14H,3,9-10,15-22H2,1-2H3,(H2,27,28,29). The van der Waals surface area contributed by atoms with Crippen LogP contribution in [0.2, 0.25) is 0 Å². The molecule has 2 N–H and O–H groups in total. The molecule has 1 heterocycles. The van der Waals surface area contributed by atoms with Gasteiger partial charge in [-0.3, -0.25) is 9.89 Å². The molecule has 6 heteroatoms. The number of anilines is 1. The summed E-state index contributed by atoms with van der Waals surface area (Å²) in [6, 6.07) is 19.5. The zero-order valence-corrected chi connectivity index (χ0v) is 19.7. The van der Waals surface area contributed by atoms with Crippen LogP contribution in [0, 0.1) is 0 Å². The second kappa shape index (κ2) is 13.8. The predicted molar refractivity (Wildman–Crippen MR) is 134 cm³/mol. The molecule has 0 atom stereocenters. The average molecular weight is 438 g/mol. The molecule has 174 valence electrons. The smallest absolute Gasteiger partial charge is 0.191 e. The Morgan fingerprint density at radius 2 is 1.62 bits per heavy atom. The lowest BCUT2D eigenvalue weighted by Crippen LogP contribution is -2.46. The molecule has 0 aromatic heterocycles. The fraction of sp³-hybridized carbons (Fsp3) is 0.500. The second-order valence-electron chi connectivity index (χ2n) is 8.12. The summed E-state index contributed by atoms with van der Waals surface area (Å²) in [7, 11) is 1.83. The first-order chi connectivity index (χ1) is 15.8. The summed E-state index contributed by atoms with van der Waals surface area (Å²) in [5.74, 6) is 0.854. The molecule has 2 aromatic carbocycles. The summed E-state index contributed by atoms with van der Waals surface area (Å²) in [6.07, 6.45) is 2.14. The Balaban J connectivity index is 1.44. The van der Waals surface area contributed by atoms with Crippen LogP contribution in [0.5, 0.6) is 0 Å². The van der Waals surface area contributed by atoms with Crippen LogP contribution >= 0.6 is 0 Å². The van der Waals surface area contributed by atoms with Gasteiger partial charge in [0.2, 0.25) is 0 Å². The van der Waals surface area contributed by atoms with Crippen LogP contribution in [0.3, 0.4) is 0 Å². The fourth-order valence-electron chi connectivity index (χ4n) is 4.01. The van der Waals surface area contributed by atoms with Crippen molar-refractivity contribution in [2.24, 2.45) is 4.99 Å². The van der Waals surface area contributed by atoms with Crippen molar-refractivity contribution in [2.45, 2.75) is 32.9 Å². The first kappa shape index (κ1) is 24.1. The molecule has 6 nitrogen and oxygen atoms in total. The Morgan fingerprint density at radius 1 is 0.906 bits per heavy atom. The van der Waals surface area contributed by atoms with Gasteiger partial charge in [-0.1, -0.05) is 42.5 Å². The summed E-state index contributed by atoms with van der Waals surface area (Å²) in [6.45, 7) is 10.6. The van der Waals surface area contributed by atoms with Gasteiger partial charge in [-0.2, -0.15) is 0 Å². The van der Waals surface area contributed by atoms with Crippen molar-refractivity contribution in [3.05, 3.63) is 65.7 Å². The van der Waals surface area contributed by atoms with E-state index in [0.717, 1.165) is 77.8 Å². The van der Waals surface area contributed by atoms with E-state index in [1.165, 1.54) is 16.8 Å². The van der Waals surface area contributed by atoms with E-state index < -0.39 is 0 Å². The lowest BCUT2D eigenvalue weighted by molar-refractivity contribution is 0.143. The number of piperazine rings is 1. The Labute approximate surface area is 193 Å². The summed E-state index contributed by atoms with van der Waals surface area (Å²) >= 11 is 0. The molecular formula is C26H39N5O. The van der Waals surface area contributed by atoms with Gasteiger partial charge in [0.1, 0.15) is 0 Å². The molecule has 0 aliphatic carbocycles. The molecule has 1 saturated heterocycles. The SMILES string of the molecule is CCOCCCCNC(=NC)NCc1ccccc1CN1CCN(c2ccccc2)CC1. The van der Waals surface area contributed by atoms with Gasteiger partial charge in [0, 0.05) is 71.8 Å². The lowest BCUT2D eigenvalue weighted by atomic mass is 10.1. The van der Waals surface area contributed by atoms with Gasteiger partial charge in [-0.15, -0.1) is 0 Å². The van der Waals surface area contributed by atoms with Crippen LogP contribution in [0.1, 0.15) is 30.9 Å². The Hall–Kier alpha value is -2.57. The second-order valence-corrected chi connectivity index (χ2v) is 8.12. The van der Waals surface area contributed by atoms with Gasteiger partial charge in [-0.05, 0) is 43.0 Å². The molecule has 1 aliphatic rings. The number of guanidine groups is 1. The number of nitrogens with zero attached hydrogens (tertiary/aromatic N) is 3. The maximum absolute atomic E-state index is 5.40. The Bertz CT molecular complexity index is 803. The maximum atomic E-state index is 5.40. The van der Waals surface area contributed by atoms with Crippen molar-refractivity contribution in [2.75, 3.05) is 57.9 Å². The molecule has 0 unspecified atom stereocenters. The van der Waals surface area contributed by atoms with Gasteiger partial charge in [0.25, 0.3) is 0 Å². The monoisotopic (exact) mass is 437 g/mol. The molecule has 2 aromatic rings. The first-order valence-corrected chi connectivity index (χ1v) is 11.9. The van der Waals surface area contributed by atoms with Crippen molar-refractivity contribution >= 4 is 11.6 Å². The molecule has 32 heavy (non-hydrogen) atoms. The highest BCUT2D eigenvalue weighted by atomic mass is 16.5. The first-order valence-electron chi connectivity index (χ1n) is 11.9.